The normalized spacial score (nSPS) is 21.0. The first-order chi connectivity index (χ1) is 10.3. The predicted molar refractivity (Wildman–Crippen MR) is 101 cm³/mol. The summed E-state index contributed by atoms with van der Waals surface area (Å²) in [7, 11) is 0.360. The first-order valence-electron chi connectivity index (χ1n) is 10.0. The molecule has 0 spiro atoms. The van der Waals surface area contributed by atoms with E-state index in [0.29, 0.717) is 7.92 Å². The molecule has 1 atom stereocenters. The maximum Gasteiger partial charge on any atom is -0.00943 e. The Hall–Kier alpha value is 0.430. The van der Waals surface area contributed by atoms with Gasteiger partial charge in [0.1, 0.15) is 0 Å². The molecule has 21 heavy (non-hydrogen) atoms. The number of hydrogen-bond donors (Lipinski definition) is 0. The average Bonchev–Trinajstić information content (AvgIpc) is 2.89. The Bertz CT molecular complexity index is 224. The van der Waals surface area contributed by atoms with Crippen LogP contribution in [0.25, 0.3) is 0 Å². The second kappa shape index (κ2) is 11.9. The van der Waals surface area contributed by atoms with Gasteiger partial charge in [0.25, 0.3) is 0 Å². The zero-order valence-electron chi connectivity index (χ0n) is 15.3. The third-order valence-corrected chi connectivity index (χ3v) is 9.24. The van der Waals surface area contributed by atoms with Crippen molar-refractivity contribution in [1.29, 1.82) is 0 Å². The molecule has 0 amide bonds. The zero-order chi connectivity index (χ0) is 15.4. The summed E-state index contributed by atoms with van der Waals surface area (Å²) < 4.78 is 0. The van der Waals surface area contributed by atoms with Crippen LogP contribution in [-0.2, 0) is 0 Å². The fourth-order valence-electron chi connectivity index (χ4n) is 4.15. The number of rotatable bonds is 13. The fourth-order valence-corrected chi connectivity index (χ4v) is 7.98. The van der Waals surface area contributed by atoms with E-state index < -0.39 is 0 Å². The molecular weight excluding hydrogens is 271 g/mol. The van der Waals surface area contributed by atoms with Crippen molar-refractivity contribution in [3.63, 3.8) is 0 Å². The smallest absolute Gasteiger partial charge is 0.00943 e. The maximum atomic E-state index is 2.37. The quantitative estimate of drug-likeness (QED) is 0.241. The summed E-state index contributed by atoms with van der Waals surface area (Å²) in [5, 5.41) is 0.825. The minimum atomic E-state index is 0.360. The van der Waals surface area contributed by atoms with Crippen LogP contribution in [0.2, 0.25) is 0 Å². The summed E-state index contributed by atoms with van der Waals surface area (Å²) in [6, 6.07) is 0. The van der Waals surface area contributed by atoms with Gasteiger partial charge in [-0.15, -0.1) is 7.92 Å². The standard InChI is InChI=1S/C20H41P/c1-4-7-10-12-15-20(16-13-11-8-5-2)17-14-19-21(20)18-9-6-3/h4-19H2,1-3H3. The molecule has 1 aliphatic rings. The van der Waals surface area contributed by atoms with E-state index in [1.54, 1.807) is 38.0 Å². The number of hydrogen-bond acceptors (Lipinski definition) is 0. The fraction of sp³-hybridized carbons (Fsp3) is 1.00. The van der Waals surface area contributed by atoms with Gasteiger partial charge in [-0.05, 0) is 49.6 Å². The monoisotopic (exact) mass is 312 g/mol. The Labute approximate surface area is 136 Å². The molecule has 1 heterocycles. The Morgan fingerprint density at radius 1 is 0.714 bits per heavy atom. The van der Waals surface area contributed by atoms with Gasteiger partial charge in [0.2, 0.25) is 0 Å². The summed E-state index contributed by atoms with van der Waals surface area (Å²) in [5.74, 6) is 0. The molecule has 1 heteroatoms. The third-order valence-electron chi connectivity index (χ3n) is 5.51. The highest BCUT2D eigenvalue weighted by Gasteiger charge is 2.40. The van der Waals surface area contributed by atoms with Crippen molar-refractivity contribution in [3.05, 3.63) is 0 Å². The van der Waals surface area contributed by atoms with Gasteiger partial charge >= 0.3 is 0 Å². The molecule has 0 bridgehead atoms. The molecule has 0 N–H and O–H groups in total. The van der Waals surface area contributed by atoms with Crippen LogP contribution < -0.4 is 0 Å². The van der Waals surface area contributed by atoms with Crippen LogP contribution in [0.3, 0.4) is 0 Å². The second-order valence-corrected chi connectivity index (χ2v) is 10.2. The molecule has 1 saturated heterocycles. The zero-order valence-corrected chi connectivity index (χ0v) is 16.2. The molecule has 0 aromatic carbocycles. The van der Waals surface area contributed by atoms with Crippen molar-refractivity contribution in [2.45, 2.75) is 116 Å². The van der Waals surface area contributed by atoms with Crippen LogP contribution in [0.15, 0.2) is 0 Å². The molecular formula is C20H41P. The van der Waals surface area contributed by atoms with Gasteiger partial charge < -0.3 is 0 Å². The minimum absolute atomic E-state index is 0.360. The van der Waals surface area contributed by atoms with E-state index in [1.807, 2.05) is 0 Å². The molecule has 1 fully saturated rings. The second-order valence-electron chi connectivity index (χ2n) is 7.29. The average molecular weight is 313 g/mol. The molecule has 0 nitrogen and oxygen atoms in total. The highest BCUT2D eigenvalue weighted by Crippen LogP contribution is 2.63. The summed E-state index contributed by atoms with van der Waals surface area (Å²) in [6.07, 6.45) is 24.1. The lowest BCUT2D eigenvalue weighted by molar-refractivity contribution is 0.428. The minimum Gasteiger partial charge on any atom is -0.100 e. The van der Waals surface area contributed by atoms with Gasteiger partial charge in [-0.2, -0.15) is 0 Å². The highest BCUT2D eigenvalue weighted by atomic mass is 31.1. The van der Waals surface area contributed by atoms with Gasteiger partial charge in [-0.1, -0.05) is 78.6 Å². The van der Waals surface area contributed by atoms with Gasteiger partial charge in [-0.25, -0.2) is 0 Å². The summed E-state index contributed by atoms with van der Waals surface area (Å²) in [6.45, 7) is 7.05. The van der Waals surface area contributed by atoms with Gasteiger partial charge in [0, 0.05) is 0 Å². The SMILES string of the molecule is CCCCCCC1(CCCCCC)CCCP1CCCC. The molecule has 0 radical (unpaired) electrons. The first-order valence-corrected chi connectivity index (χ1v) is 11.8. The van der Waals surface area contributed by atoms with Crippen molar-refractivity contribution < 1.29 is 0 Å². The largest absolute Gasteiger partial charge is 0.100 e. The van der Waals surface area contributed by atoms with E-state index >= 15 is 0 Å². The van der Waals surface area contributed by atoms with Crippen molar-refractivity contribution in [3.8, 4) is 0 Å². The van der Waals surface area contributed by atoms with Gasteiger partial charge in [-0.3, -0.25) is 0 Å². The van der Waals surface area contributed by atoms with Crippen LogP contribution in [0.5, 0.6) is 0 Å². The Morgan fingerprint density at radius 3 is 1.81 bits per heavy atom. The molecule has 1 rings (SSSR count). The van der Waals surface area contributed by atoms with Crippen molar-refractivity contribution >= 4 is 7.92 Å². The van der Waals surface area contributed by atoms with E-state index in [-0.39, 0.29) is 0 Å². The summed E-state index contributed by atoms with van der Waals surface area (Å²) in [5.41, 5.74) is 0. The van der Waals surface area contributed by atoms with E-state index in [4.69, 9.17) is 0 Å². The van der Waals surface area contributed by atoms with Crippen LogP contribution in [0, 0.1) is 0 Å². The molecule has 0 aromatic rings. The summed E-state index contributed by atoms with van der Waals surface area (Å²) in [4.78, 5) is 0. The Balaban J connectivity index is 2.50. The molecule has 0 aromatic heterocycles. The lowest BCUT2D eigenvalue weighted by atomic mass is 9.90. The Kier molecular flexibility index (Phi) is 11.1. The summed E-state index contributed by atoms with van der Waals surface area (Å²) >= 11 is 0. The van der Waals surface area contributed by atoms with Crippen molar-refractivity contribution in [1.82, 2.24) is 0 Å². The molecule has 1 unspecified atom stereocenters. The van der Waals surface area contributed by atoms with Crippen molar-refractivity contribution in [2.75, 3.05) is 12.3 Å². The predicted octanol–water partition coefficient (Wildman–Crippen LogP) is 7.74. The van der Waals surface area contributed by atoms with Crippen LogP contribution in [0.1, 0.15) is 111 Å². The molecule has 126 valence electrons. The topological polar surface area (TPSA) is 0 Å². The van der Waals surface area contributed by atoms with E-state index in [2.05, 4.69) is 20.8 Å². The van der Waals surface area contributed by atoms with E-state index in [0.717, 1.165) is 5.16 Å². The van der Waals surface area contributed by atoms with Crippen LogP contribution >= 0.6 is 7.92 Å². The third kappa shape index (κ3) is 7.02. The van der Waals surface area contributed by atoms with Gasteiger partial charge in [0.05, 0.1) is 0 Å². The van der Waals surface area contributed by atoms with Gasteiger partial charge in [0.15, 0.2) is 0 Å². The van der Waals surface area contributed by atoms with E-state index in [1.165, 1.54) is 64.2 Å². The molecule has 0 aliphatic carbocycles. The first kappa shape index (κ1) is 19.5. The van der Waals surface area contributed by atoms with Crippen molar-refractivity contribution in [2.24, 2.45) is 0 Å². The Morgan fingerprint density at radius 2 is 1.29 bits per heavy atom. The number of unbranched alkanes of at least 4 members (excludes halogenated alkanes) is 7. The maximum absolute atomic E-state index is 2.37. The lowest BCUT2D eigenvalue weighted by Crippen LogP contribution is -2.24. The molecule has 1 aliphatic heterocycles. The van der Waals surface area contributed by atoms with Crippen LogP contribution in [-0.4, -0.2) is 17.5 Å². The lowest BCUT2D eigenvalue weighted by Gasteiger charge is -2.37. The van der Waals surface area contributed by atoms with E-state index in [9.17, 15) is 0 Å². The highest BCUT2D eigenvalue weighted by molar-refractivity contribution is 7.59. The molecule has 0 saturated carbocycles. The van der Waals surface area contributed by atoms with Crippen LogP contribution in [0.4, 0.5) is 0 Å².